The van der Waals surface area contributed by atoms with E-state index >= 15 is 4.39 Å². The summed E-state index contributed by atoms with van der Waals surface area (Å²) in [6.45, 7) is 6.06. The molecule has 2 aromatic rings. The largest absolute Gasteiger partial charge is 0.207 e. The lowest BCUT2D eigenvalue weighted by Crippen LogP contribution is -2.29. The molecule has 27 heavy (non-hydrogen) atoms. The minimum absolute atomic E-state index is 0.200. The summed E-state index contributed by atoms with van der Waals surface area (Å²) in [7, 11) is 0. The second kappa shape index (κ2) is 7.73. The van der Waals surface area contributed by atoms with Gasteiger partial charge < -0.3 is 0 Å². The molecule has 4 rings (SSSR count). The lowest BCUT2D eigenvalue weighted by molar-refractivity contribution is 0.124. The van der Waals surface area contributed by atoms with Gasteiger partial charge in [0.2, 0.25) is 0 Å². The third kappa shape index (κ3) is 3.68. The van der Waals surface area contributed by atoms with Crippen LogP contribution in [0.3, 0.4) is 0 Å². The van der Waals surface area contributed by atoms with Gasteiger partial charge in [0.05, 0.1) is 0 Å². The summed E-state index contributed by atoms with van der Waals surface area (Å²) in [5, 5.41) is 1.24. The fraction of sp³-hybridized carbons (Fsp3) is 0.520. The molecule has 0 amide bonds. The van der Waals surface area contributed by atoms with Gasteiger partial charge in [0.1, 0.15) is 11.6 Å². The van der Waals surface area contributed by atoms with Gasteiger partial charge in [0, 0.05) is 5.39 Å². The van der Waals surface area contributed by atoms with E-state index in [1.54, 1.807) is 12.1 Å². The Balaban J connectivity index is 1.61. The monoisotopic (exact) mass is 368 g/mol. The zero-order chi connectivity index (χ0) is 19.0. The third-order valence-corrected chi connectivity index (χ3v) is 7.08. The van der Waals surface area contributed by atoms with E-state index in [-0.39, 0.29) is 17.6 Å². The van der Waals surface area contributed by atoms with Crippen LogP contribution in [0.4, 0.5) is 8.78 Å². The van der Waals surface area contributed by atoms with Gasteiger partial charge in [-0.25, -0.2) is 8.78 Å². The predicted molar refractivity (Wildman–Crippen MR) is 109 cm³/mol. The Kier molecular flexibility index (Phi) is 5.34. The Morgan fingerprint density at radius 1 is 1.04 bits per heavy atom. The van der Waals surface area contributed by atoms with E-state index in [1.165, 1.54) is 31.7 Å². The summed E-state index contributed by atoms with van der Waals surface area (Å²) in [6, 6.07) is 7.16. The quantitative estimate of drug-likeness (QED) is 0.489. The molecular weight excluding hydrogens is 338 g/mol. The van der Waals surface area contributed by atoms with Crippen molar-refractivity contribution in [1.29, 1.82) is 0 Å². The molecule has 4 atom stereocenters. The number of halogens is 2. The first kappa shape index (κ1) is 18.7. The zero-order valence-corrected chi connectivity index (χ0v) is 16.3. The molecule has 0 N–H and O–H groups in total. The Morgan fingerprint density at radius 2 is 1.81 bits per heavy atom. The van der Waals surface area contributed by atoms with Crippen molar-refractivity contribution in [2.24, 2.45) is 17.8 Å². The van der Waals surface area contributed by atoms with Crippen LogP contribution < -0.4 is 0 Å². The minimum Gasteiger partial charge on any atom is -0.207 e. The standard InChI is InChI=1S/C25H30F2/c1-3-4-5-21-14-20-10-11-22(25(27)23(20)15-24(21)26)19-9-8-17-12-16(2)6-7-18(17)13-19/h3,10-11,14-19H,1,4-9,12-13H2,2H3. The molecule has 0 spiro atoms. The normalized spacial score (nSPS) is 28.1. The van der Waals surface area contributed by atoms with E-state index < -0.39 is 0 Å². The van der Waals surface area contributed by atoms with E-state index in [2.05, 4.69) is 13.5 Å². The second-order valence-electron chi connectivity index (χ2n) is 8.91. The zero-order valence-electron chi connectivity index (χ0n) is 16.3. The van der Waals surface area contributed by atoms with Crippen molar-refractivity contribution in [2.75, 3.05) is 0 Å². The van der Waals surface area contributed by atoms with Gasteiger partial charge in [0.15, 0.2) is 0 Å². The van der Waals surface area contributed by atoms with Crippen LogP contribution in [0.2, 0.25) is 0 Å². The van der Waals surface area contributed by atoms with Crippen molar-refractivity contribution in [1.82, 2.24) is 0 Å². The molecule has 0 saturated heterocycles. The summed E-state index contributed by atoms with van der Waals surface area (Å²) in [4.78, 5) is 0. The smallest absolute Gasteiger partial charge is 0.134 e. The Labute approximate surface area is 161 Å². The van der Waals surface area contributed by atoms with Crippen LogP contribution in [0.25, 0.3) is 10.8 Å². The fourth-order valence-corrected chi connectivity index (χ4v) is 5.54. The topological polar surface area (TPSA) is 0 Å². The number of fused-ring (bicyclic) bond motifs is 2. The number of rotatable bonds is 4. The summed E-state index contributed by atoms with van der Waals surface area (Å²) in [5.41, 5.74) is 1.45. The van der Waals surface area contributed by atoms with Crippen LogP contribution >= 0.6 is 0 Å². The van der Waals surface area contributed by atoms with Gasteiger partial charge in [-0.3, -0.25) is 0 Å². The maximum atomic E-state index is 15.3. The highest BCUT2D eigenvalue weighted by Crippen LogP contribution is 2.48. The molecule has 2 saturated carbocycles. The van der Waals surface area contributed by atoms with Crippen molar-refractivity contribution in [3.63, 3.8) is 0 Å². The molecule has 0 heterocycles. The molecule has 2 aliphatic carbocycles. The molecule has 0 aliphatic heterocycles. The highest BCUT2D eigenvalue weighted by molar-refractivity contribution is 5.85. The van der Waals surface area contributed by atoms with Crippen molar-refractivity contribution >= 4 is 10.8 Å². The summed E-state index contributed by atoms with van der Waals surface area (Å²) in [5.74, 6) is 2.21. The molecular formula is C25H30F2. The molecule has 0 nitrogen and oxygen atoms in total. The van der Waals surface area contributed by atoms with Crippen LogP contribution in [-0.4, -0.2) is 0 Å². The van der Waals surface area contributed by atoms with E-state index in [0.717, 1.165) is 48.0 Å². The van der Waals surface area contributed by atoms with Gasteiger partial charge in [-0.1, -0.05) is 31.6 Å². The highest BCUT2D eigenvalue weighted by Gasteiger charge is 2.35. The Bertz CT molecular complexity index is 838. The fourth-order valence-electron chi connectivity index (χ4n) is 5.54. The highest BCUT2D eigenvalue weighted by atomic mass is 19.1. The van der Waals surface area contributed by atoms with Crippen LogP contribution in [0.5, 0.6) is 0 Å². The lowest BCUT2D eigenvalue weighted by atomic mass is 9.64. The lowest BCUT2D eigenvalue weighted by Gasteiger charge is -2.41. The third-order valence-electron chi connectivity index (χ3n) is 7.08. The van der Waals surface area contributed by atoms with Gasteiger partial charge >= 0.3 is 0 Å². The number of hydrogen-bond acceptors (Lipinski definition) is 0. The number of allylic oxidation sites excluding steroid dienone is 1. The molecule has 2 fully saturated rings. The number of benzene rings is 2. The summed E-state index contributed by atoms with van der Waals surface area (Å²) < 4.78 is 29.8. The van der Waals surface area contributed by atoms with E-state index in [9.17, 15) is 4.39 Å². The average molecular weight is 369 g/mol. The predicted octanol–water partition coefficient (Wildman–Crippen LogP) is 7.56. The Morgan fingerprint density at radius 3 is 2.63 bits per heavy atom. The van der Waals surface area contributed by atoms with Gasteiger partial charge in [-0.15, -0.1) is 6.58 Å². The summed E-state index contributed by atoms with van der Waals surface area (Å²) in [6.07, 6.45) is 10.4. The average Bonchev–Trinajstić information content (AvgIpc) is 2.67. The van der Waals surface area contributed by atoms with Gasteiger partial charge in [-0.2, -0.15) is 0 Å². The van der Waals surface area contributed by atoms with E-state index in [1.807, 2.05) is 12.1 Å². The molecule has 2 heteroatoms. The van der Waals surface area contributed by atoms with Crippen LogP contribution in [0.1, 0.15) is 68.9 Å². The maximum absolute atomic E-state index is 15.3. The van der Waals surface area contributed by atoms with E-state index in [4.69, 9.17) is 0 Å². The molecule has 144 valence electrons. The van der Waals surface area contributed by atoms with Crippen molar-refractivity contribution in [3.05, 3.63) is 59.7 Å². The molecule has 0 radical (unpaired) electrons. The molecule has 2 aliphatic rings. The molecule has 0 aromatic heterocycles. The van der Waals surface area contributed by atoms with Gasteiger partial charge in [0.25, 0.3) is 0 Å². The second-order valence-corrected chi connectivity index (χ2v) is 8.91. The number of hydrogen-bond donors (Lipinski definition) is 0. The van der Waals surface area contributed by atoms with Crippen LogP contribution in [0.15, 0.2) is 36.9 Å². The van der Waals surface area contributed by atoms with Crippen molar-refractivity contribution in [2.45, 2.75) is 64.2 Å². The van der Waals surface area contributed by atoms with E-state index in [0.29, 0.717) is 17.4 Å². The first-order valence-electron chi connectivity index (χ1n) is 10.6. The molecule has 0 bridgehead atoms. The first-order valence-corrected chi connectivity index (χ1v) is 10.6. The Hall–Kier alpha value is -1.70. The molecule has 4 unspecified atom stereocenters. The van der Waals surface area contributed by atoms with Gasteiger partial charge in [-0.05, 0) is 97.3 Å². The first-order chi connectivity index (χ1) is 13.1. The van der Waals surface area contributed by atoms with Crippen LogP contribution in [0, 0.1) is 29.4 Å². The molecule has 2 aromatic carbocycles. The maximum Gasteiger partial charge on any atom is 0.134 e. The SMILES string of the molecule is C=CCCc1cc2ccc(C3CCC4CC(C)CCC4C3)c(F)c2cc1F. The minimum atomic E-state index is -0.301. The van der Waals surface area contributed by atoms with Crippen molar-refractivity contribution in [3.8, 4) is 0 Å². The number of aryl methyl sites for hydroxylation is 1. The van der Waals surface area contributed by atoms with Crippen LogP contribution in [-0.2, 0) is 6.42 Å². The van der Waals surface area contributed by atoms with Crippen molar-refractivity contribution < 1.29 is 8.78 Å². The summed E-state index contributed by atoms with van der Waals surface area (Å²) >= 11 is 0.